The zero-order valence-corrected chi connectivity index (χ0v) is 21.1. The van der Waals surface area contributed by atoms with E-state index < -0.39 is 0 Å². The van der Waals surface area contributed by atoms with Gasteiger partial charge in [-0.2, -0.15) is 0 Å². The van der Waals surface area contributed by atoms with Gasteiger partial charge in [0.25, 0.3) is 0 Å². The van der Waals surface area contributed by atoms with E-state index in [1.54, 1.807) is 7.11 Å². The van der Waals surface area contributed by atoms with Crippen LogP contribution in [-0.2, 0) is 12.8 Å². The predicted octanol–water partition coefficient (Wildman–Crippen LogP) is 5.69. The third-order valence-corrected chi connectivity index (χ3v) is 6.04. The topological polar surface area (TPSA) is 24.9 Å². The molecule has 0 saturated carbocycles. The van der Waals surface area contributed by atoms with Crippen molar-refractivity contribution in [1.29, 1.82) is 0 Å². The number of rotatable bonds is 7. The van der Waals surface area contributed by atoms with Gasteiger partial charge in [-0.05, 0) is 67.1 Å². The second-order valence-electron chi connectivity index (χ2n) is 7.64. The molecule has 1 fully saturated rings. The number of hydrogen-bond acceptors (Lipinski definition) is 4. The van der Waals surface area contributed by atoms with Crippen molar-refractivity contribution < 1.29 is 9.47 Å². The molecule has 0 bridgehead atoms. The van der Waals surface area contributed by atoms with Crippen molar-refractivity contribution in [2.75, 3.05) is 51.3 Å². The predicted molar refractivity (Wildman–Crippen MR) is 137 cm³/mol. The maximum Gasteiger partial charge on any atom is 0.161 e. The number of anilines is 1. The quantitative estimate of drug-likeness (QED) is 0.447. The molecule has 0 aromatic heterocycles. The maximum absolute atomic E-state index is 6.12. The Labute approximate surface area is 209 Å². The first-order valence-electron chi connectivity index (χ1n) is 10.3. The first-order chi connectivity index (χ1) is 13.7. The van der Waals surface area contributed by atoms with Gasteiger partial charge >= 0.3 is 0 Å². The lowest BCUT2D eigenvalue weighted by atomic mass is 10.1. The number of ether oxygens (including phenoxy) is 2. The van der Waals surface area contributed by atoms with Crippen LogP contribution in [0.4, 0.5) is 5.69 Å². The lowest BCUT2D eigenvalue weighted by Crippen LogP contribution is -2.46. The second-order valence-corrected chi connectivity index (χ2v) is 8.07. The van der Waals surface area contributed by atoms with Crippen molar-refractivity contribution in [3.8, 4) is 11.5 Å². The van der Waals surface area contributed by atoms with Gasteiger partial charge in [-0.25, -0.2) is 0 Å². The molecule has 2 aromatic carbocycles. The lowest BCUT2D eigenvalue weighted by Gasteiger charge is -2.36. The molecule has 1 saturated heterocycles. The molecule has 4 rings (SSSR count). The van der Waals surface area contributed by atoms with E-state index in [0.717, 1.165) is 75.1 Å². The number of hydrogen-bond donors (Lipinski definition) is 0. The smallest absolute Gasteiger partial charge is 0.161 e. The standard InChI is InChI=1S/C23H29ClN2O2.3ClH/c1-27-22-15-18-5-2-6-19(18)16-23(22)28-14-4-9-25-10-12-26(13-11-25)21-8-3-7-20(24)17-21;;;/h3,7-8,15-17H,2,4-6,9-14H2,1H3;3*1H. The van der Waals surface area contributed by atoms with Crippen LogP contribution in [0.25, 0.3) is 0 Å². The largest absolute Gasteiger partial charge is 0.493 e. The molecule has 174 valence electrons. The van der Waals surface area contributed by atoms with E-state index in [2.05, 4.69) is 34.1 Å². The molecule has 0 unspecified atom stereocenters. The summed E-state index contributed by atoms with van der Waals surface area (Å²) in [6, 6.07) is 12.5. The van der Waals surface area contributed by atoms with Gasteiger partial charge in [-0.3, -0.25) is 4.90 Å². The van der Waals surface area contributed by atoms with Crippen molar-refractivity contribution in [3.63, 3.8) is 0 Å². The molecule has 1 heterocycles. The van der Waals surface area contributed by atoms with Gasteiger partial charge in [0.2, 0.25) is 0 Å². The highest BCUT2D eigenvalue weighted by Gasteiger charge is 2.18. The summed E-state index contributed by atoms with van der Waals surface area (Å²) >= 11 is 6.12. The highest BCUT2D eigenvalue weighted by atomic mass is 35.5. The minimum absolute atomic E-state index is 0. The molecule has 1 aliphatic carbocycles. The Balaban J connectivity index is 0.00000160. The van der Waals surface area contributed by atoms with E-state index in [0.29, 0.717) is 0 Å². The Morgan fingerprint density at radius 1 is 0.903 bits per heavy atom. The van der Waals surface area contributed by atoms with Gasteiger partial charge in [0, 0.05) is 43.4 Å². The van der Waals surface area contributed by atoms with E-state index in [9.17, 15) is 0 Å². The minimum atomic E-state index is 0. The van der Waals surface area contributed by atoms with Gasteiger partial charge in [0.05, 0.1) is 13.7 Å². The highest BCUT2D eigenvalue weighted by molar-refractivity contribution is 6.30. The number of aryl methyl sites for hydroxylation is 2. The third-order valence-electron chi connectivity index (χ3n) is 5.80. The molecule has 8 heteroatoms. The molecule has 0 radical (unpaired) electrons. The van der Waals surface area contributed by atoms with Crippen LogP contribution in [0.1, 0.15) is 24.0 Å². The fourth-order valence-electron chi connectivity index (χ4n) is 4.22. The Morgan fingerprint density at radius 3 is 2.23 bits per heavy atom. The molecule has 4 nitrogen and oxygen atoms in total. The molecule has 1 aliphatic heterocycles. The highest BCUT2D eigenvalue weighted by Crippen LogP contribution is 2.35. The average Bonchev–Trinajstić information content (AvgIpc) is 3.18. The summed E-state index contributed by atoms with van der Waals surface area (Å²) in [6.45, 7) is 6.03. The molecule has 0 spiro atoms. The Hall–Kier alpha value is -1.04. The van der Waals surface area contributed by atoms with Gasteiger partial charge < -0.3 is 14.4 Å². The molecule has 2 aliphatic rings. The maximum atomic E-state index is 6.12. The van der Waals surface area contributed by atoms with Crippen molar-refractivity contribution in [2.45, 2.75) is 25.7 Å². The molecule has 0 atom stereocenters. The van der Waals surface area contributed by atoms with Gasteiger partial charge in [0.15, 0.2) is 11.5 Å². The number of nitrogens with zero attached hydrogens (tertiary/aromatic N) is 2. The van der Waals surface area contributed by atoms with Crippen molar-refractivity contribution in [2.24, 2.45) is 0 Å². The summed E-state index contributed by atoms with van der Waals surface area (Å²) in [6.07, 6.45) is 4.58. The fraction of sp³-hybridized carbons (Fsp3) is 0.478. The number of methoxy groups -OCH3 is 1. The van der Waals surface area contributed by atoms with E-state index in [1.807, 2.05) is 12.1 Å². The number of fused-ring (bicyclic) bond motifs is 1. The second kappa shape index (κ2) is 13.5. The summed E-state index contributed by atoms with van der Waals surface area (Å²) in [4.78, 5) is 4.93. The molecular formula is C23H32Cl4N2O2. The number of halogens is 4. The Kier molecular flexibility index (Phi) is 12.2. The van der Waals surface area contributed by atoms with E-state index >= 15 is 0 Å². The van der Waals surface area contributed by atoms with Crippen molar-refractivity contribution >= 4 is 54.5 Å². The summed E-state index contributed by atoms with van der Waals surface area (Å²) in [5.41, 5.74) is 4.06. The summed E-state index contributed by atoms with van der Waals surface area (Å²) in [5.74, 6) is 1.77. The fourth-order valence-corrected chi connectivity index (χ4v) is 4.41. The minimum Gasteiger partial charge on any atom is -0.493 e. The van der Waals surface area contributed by atoms with Crippen molar-refractivity contribution in [3.05, 3.63) is 52.5 Å². The van der Waals surface area contributed by atoms with Crippen LogP contribution in [0.15, 0.2) is 36.4 Å². The van der Waals surface area contributed by atoms with Gasteiger partial charge in [-0.1, -0.05) is 17.7 Å². The van der Waals surface area contributed by atoms with Gasteiger partial charge in [-0.15, -0.1) is 37.2 Å². The van der Waals surface area contributed by atoms with E-state index in [1.165, 1.54) is 23.2 Å². The van der Waals surface area contributed by atoms with Crippen LogP contribution in [-0.4, -0.2) is 51.3 Å². The van der Waals surface area contributed by atoms with Crippen LogP contribution in [0, 0.1) is 0 Å². The molecule has 2 aromatic rings. The van der Waals surface area contributed by atoms with E-state index in [4.69, 9.17) is 21.1 Å². The zero-order valence-electron chi connectivity index (χ0n) is 17.8. The van der Waals surface area contributed by atoms with Crippen LogP contribution < -0.4 is 14.4 Å². The average molecular weight is 510 g/mol. The monoisotopic (exact) mass is 508 g/mol. The summed E-state index contributed by atoms with van der Waals surface area (Å²) in [5, 5.41) is 0.805. The zero-order chi connectivity index (χ0) is 19.3. The van der Waals surface area contributed by atoms with E-state index in [-0.39, 0.29) is 37.2 Å². The molecular weight excluding hydrogens is 478 g/mol. The van der Waals surface area contributed by atoms with Crippen LogP contribution in [0.2, 0.25) is 5.02 Å². The first-order valence-corrected chi connectivity index (χ1v) is 10.7. The van der Waals surface area contributed by atoms with Crippen molar-refractivity contribution in [1.82, 2.24) is 4.90 Å². The van der Waals surface area contributed by atoms with Crippen LogP contribution in [0.5, 0.6) is 11.5 Å². The Morgan fingerprint density at radius 2 is 1.58 bits per heavy atom. The molecule has 0 N–H and O–H groups in total. The summed E-state index contributed by atoms with van der Waals surface area (Å²) in [7, 11) is 1.73. The van der Waals surface area contributed by atoms with Crippen LogP contribution in [0.3, 0.4) is 0 Å². The number of benzene rings is 2. The van der Waals surface area contributed by atoms with Gasteiger partial charge in [0.1, 0.15) is 0 Å². The number of piperazine rings is 1. The Bertz CT molecular complexity index is 814. The normalized spacial score (nSPS) is 15.2. The third kappa shape index (κ3) is 7.23. The summed E-state index contributed by atoms with van der Waals surface area (Å²) < 4.78 is 11.6. The molecule has 0 amide bonds. The lowest BCUT2D eigenvalue weighted by molar-refractivity contribution is 0.221. The first kappa shape index (κ1) is 28.0. The van der Waals surface area contributed by atoms with Crippen LogP contribution >= 0.6 is 48.8 Å². The SMILES string of the molecule is COc1cc2c(cc1OCCCN1CCN(c3cccc(Cl)c3)CC1)CCC2.Cl.Cl.Cl. The molecule has 31 heavy (non-hydrogen) atoms.